The number of benzene rings is 1. The molecular formula is C18H24N2O5S2. The number of ether oxygens (including phenoxy) is 3. The Morgan fingerprint density at radius 1 is 1.26 bits per heavy atom. The van der Waals surface area contributed by atoms with E-state index in [1.54, 1.807) is 0 Å². The minimum absolute atomic E-state index is 0.0871. The van der Waals surface area contributed by atoms with Crippen molar-refractivity contribution < 1.29 is 22.6 Å². The molecule has 2 atom stereocenters. The summed E-state index contributed by atoms with van der Waals surface area (Å²) in [4.78, 5) is 2.02. The predicted octanol–water partition coefficient (Wildman–Crippen LogP) is 1.46. The third-order valence-electron chi connectivity index (χ3n) is 5.22. The highest BCUT2D eigenvalue weighted by molar-refractivity contribution is 7.91. The van der Waals surface area contributed by atoms with Crippen molar-refractivity contribution in [3.63, 3.8) is 0 Å². The van der Waals surface area contributed by atoms with Crippen LogP contribution in [0.3, 0.4) is 0 Å². The summed E-state index contributed by atoms with van der Waals surface area (Å²) in [5, 5.41) is 3.85. The molecule has 3 heterocycles. The molecule has 2 saturated heterocycles. The molecular weight excluding hydrogens is 388 g/mol. The van der Waals surface area contributed by atoms with Gasteiger partial charge >= 0.3 is 0 Å². The molecule has 0 spiro atoms. The van der Waals surface area contributed by atoms with E-state index in [0.29, 0.717) is 24.6 Å². The largest absolute Gasteiger partial charge is 0.454 e. The maximum Gasteiger partial charge on any atom is 0.231 e. The van der Waals surface area contributed by atoms with E-state index in [-0.39, 0.29) is 30.4 Å². The van der Waals surface area contributed by atoms with Crippen molar-refractivity contribution in [2.24, 2.45) is 0 Å². The van der Waals surface area contributed by atoms with E-state index in [4.69, 9.17) is 26.4 Å². The highest BCUT2D eigenvalue weighted by atomic mass is 32.2. The molecule has 2 fully saturated rings. The third-order valence-corrected chi connectivity index (χ3v) is 7.34. The zero-order valence-corrected chi connectivity index (χ0v) is 16.7. The fourth-order valence-electron chi connectivity index (χ4n) is 3.76. The molecule has 27 heavy (non-hydrogen) atoms. The van der Waals surface area contributed by atoms with Crippen molar-refractivity contribution in [2.75, 3.05) is 31.5 Å². The van der Waals surface area contributed by atoms with Gasteiger partial charge in [0.1, 0.15) is 0 Å². The van der Waals surface area contributed by atoms with Crippen molar-refractivity contribution in [1.82, 2.24) is 10.2 Å². The van der Waals surface area contributed by atoms with Gasteiger partial charge in [-0.25, -0.2) is 8.42 Å². The van der Waals surface area contributed by atoms with Crippen LogP contribution >= 0.6 is 12.2 Å². The molecule has 1 aromatic rings. The van der Waals surface area contributed by atoms with Crippen LogP contribution in [0.5, 0.6) is 11.5 Å². The van der Waals surface area contributed by atoms with Gasteiger partial charge in [0.05, 0.1) is 17.6 Å². The first-order valence-electron chi connectivity index (χ1n) is 9.25. The molecule has 0 unspecified atom stereocenters. The molecule has 0 amide bonds. The molecule has 1 aromatic carbocycles. The van der Waals surface area contributed by atoms with Crippen LogP contribution in [0.15, 0.2) is 18.2 Å². The van der Waals surface area contributed by atoms with Crippen LogP contribution in [-0.2, 0) is 21.1 Å². The lowest BCUT2D eigenvalue weighted by molar-refractivity contribution is 0.0841. The fourth-order valence-corrected chi connectivity index (χ4v) is 5.78. The Kier molecular flexibility index (Phi) is 5.43. The topological polar surface area (TPSA) is 77.1 Å². The van der Waals surface area contributed by atoms with Crippen LogP contribution in [0.25, 0.3) is 0 Å². The van der Waals surface area contributed by atoms with Gasteiger partial charge in [-0.05, 0) is 49.2 Å². The molecule has 7 nitrogen and oxygen atoms in total. The van der Waals surface area contributed by atoms with E-state index in [9.17, 15) is 8.42 Å². The van der Waals surface area contributed by atoms with Gasteiger partial charge < -0.3 is 24.4 Å². The molecule has 0 radical (unpaired) electrons. The predicted molar refractivity (Wildman–Crippen MR) is 105 cm³/mol. The lowest BCUT2D eigenvalue weighted by Crippen LogP contribution is -2.49. The number of hydrogen-bond acceptors (Lipinski definition) is 6. The van der Waals surface area contributed by atoms with Gasteiger partial charge in [-0.1, -0.05) is 6.07 Å². The van der Waals surface area contributed by atoms with E-state index in [1.165, 1.54) is 0 Å². The van der Waals surface area contributed by atoms with Crippen molar-refractivity contribution in [3.05, 3.63) is 23.8 Å². The lowest BCUT2D eigenvalue weighted by atomic mass is 10.1. The molecule has 0 bridgehead atoms. The number of hydrogen-bond donors (Lipinski definition) is 1. The zero-order valence-electron chi connectivity index (χ0n) is 15.1. The zero-order chi connectivity index (χ0) is 18.9. The second-order valence-electron chi connectivity index (χ2n) is 7.19. The van der Waals surface area contributed by atoms with Gasteiger partial charge in [0, 0.05) is 25.7 Å². The summed E-state index contributed by atoms with van der Waals surface area (Å²) >= 11 is 5.63. The maximum atomic E-state index is 11.9. The van der Waals surface area contributed by atoms with Crippen molar-refractivity contribution >= 4 is 27.2 Å². The molecule has 148 valence electrons. The fraction of sp³-hybridized carbons (Fsp3) is 0.611. The van der Waals surface area contributed by atoms with Crippen molar-refractivity contribution in [3.8, 4) is 11.5 Å². The number of sulfone groups is 1. The first kappa shape index (κ1) is 18.8. The monoisotopic (exact) mass is 412 g/mol. The number of thiocarbonyl (C=S) groups is 1. The van der Waals surface area contributed by atoms with Gasteiger partial charge in [-0.3, -0.25) is 0 Å². The van der Waals surface area contributed by atoms with Crippen LogP contribution in [0, 0.1) is 0 Å². The van der Waals surface area contributed by atoms with Crippen LogP contribution in [0.2, 0.25) is 0 Å². The molecule has 3 aliphatic heterocycles. The standard InChI is InChI=1S/C18H24N2O5S2/c21-27(22)7-5-14(11-27)20(10-15-2-1-6-23-15)18(26)19-9-13-3-4-16-17(8-13)25-12-24-16/h3-4,8,14-15H,1-2,5-7,9-12H2,(H,19,26)/t14-,15-/m0/s1. The Labute approximate surface area is 164 Å². The summed E-state index contributed by atoms with van der Waals surface area (Å²) in [5.74, 6) is 1.87. The molecule has 3 aliphatic rings. The van der Waals surface area contributed by atoms with Crippen LogP contribution in [0.1, 0.15) is 24.8 Å². The third kappa shape index (κ3) is 4.47. The first-order chi connectivity index (χ1) is 13.0. The number of fused-ring (bicyclic) bond motifs is 1. The van der Waals surface area contributed by atoms with E-state index in [2.05, 4.69) is 5.32 Å². The highest BCUT2D eigenvalue weighted by Crippen LogP contribution is 2.32. The van der Waals surface area contributed by atoms with E-state index < -0.39 is 9.84 Å². The van der Waals surface area contributed by atoms with E-state index in [1.807, 2.05) is 23.1 Å². The quantitative estimate of drug-likeness (QED) is 0.729. The summed E-state index contributed by atoms with van der Waals surface area (Å²) in [7, 11) is -2.98. The molecule has 0 aliphatic carbocycles. The van der Waals surface area contributed by atoms with Crippen LogP contribution < -0.4 is 14.8 Å². The maximum absolute atomic E-state index is 11.9. The molecule has 1 N–H and O–H groups in total. The second kappa shape index (κ2) is 7.81. The van der Waals surface area contributed by atoms with E-state index in [0.717, 1.165) is 36.5 Å². The average molecular weight is 413 g/mol. The summed E-state index contributed by atoms with van der Waals surface area (Å²) in [6, 6.07) is 5.70. The Balaban J connectivity index is 1.41. The molecule has 9 heteroatoms. The lowest BCUT2D eigenvalue weighted by Gasteiger charge is -2.33. The van der Waals surface area contributed by atoms with Gasteiger partial charge in [-0.15, -0.1) is 0 Å². The highest BCUT2D eigenvalue weighted by Gasteiger charge is 2.35. The van der Waals surface area contributed by atoms with Gasteiger partial charge in [0.15, 0.2) is 26.4 Å². The molecule has 4 rings (SSSR count). The summed E-state index contributed by atoms with van der Waals surface area (Å²) < 4.78 is 40.4. The first-order valence-corrected chi connectivity index (χ1v) is 11.5. The Morgan fingerprint density at radius 3 is 2.85 bits per heavy atom. The number of nitrogens with zero attached hydrogens (tertiary/aromatic N) is 1. The van der Waals surface area contributed by atoms with Crippen molar-refractivity contribution in [2.45, 2.75) is 38.0 Å². The molecule has 0 aromatic heterocycles. The van der Waals surface area contributed by atoms with Crippen molar-refractivity contribution in [1.29, 1.82) is 0 Å². The van der Waals surface area contributed by atoms with Gasteiger partial charge in [0.2, 0.25) is 6.79 Å². The smallest absolute Gasteiger partial charge is 0.231 e. The number of nitrogens with one attached hydrogen (secondary N) is 1. The average Bonchev–Trinajstić information content (AvgIpc) is 3.38. The summed E-state index contributed by atoms with van der Waals surface area (Å²) in [5.41, 5.74) is 1.03. The van der Waals surface area contributed by atoms with Gasteiger partial charge in [0.25, 0.3) is 0 Å². The van der Waals surface area contributed by atoms with Crippen LogP contribution in [-0.4, -0.2) is 62.0 Å². The Bertz CT molecular complexity index is 808. The SMILES string of the molecule is O=S1(=O)CC[C@H](N(C[C@@H]2CCCO2)C(=S)NCc2ccc3c(c2)OCO3)C1. The Morgan fingerprint density at radius 2 is 2.11 bits per heavy atom. The minimum Gasteiger partial charge on any atom is -0.454 e. The number of rotatable bonds is 5. The summed E-state index contributed by atoms with van der Waals surface area (Å²) in [6.45, 7) is 2.18. The van der Waals surface area contributed by atoms with E-state index >= 15 is 0 Å². The van der Waals surface area contributed by atoms with Crippen LogP contribution in [0.4, 0.5) is 0 Å². The normalized spacial score (nSPS) is 25.5. The second-order valence-corrected chi connectivity index (χ2v) is 9.81. The summed E-state index contributed by atoms with van der Waals surface area (Å²) in [6.07, 6.45) is 2.75. The Hall–Kier alpha value is -1.58. The molecule has 0 saturated carbocycles. The minimum atomic E-state index is -2.98. The van der Waals surface area contributed by atoms with Gasteiger partial charge in [-0.2, -0.15) is 0 Å².